The lowest BCUT2D eigenvalue weighted by Crippen LogP contribution is -2.41. The van der Waals surface area contributed by atoms with Gasteiger partial charge in [0.2, 0.25) is 0 Å². The highest BCUT2D eigenvalue weighted by Gasteiger charge is 2.34. The monoisotopic (exact) mass is 316 g/mol. The second-order valence-corrected chi connectivity index (χ2v) is 8.20. The summed E-state index contributed by atoms with van der Waals surface area (Å²) in [7, 11) is -2.98. The van der Waals surface area contributed by atoms with Crippen LogP contribution in [0.15, 0.2) is 5.38 Å². The quantitative estimate of drug-likeness (QED) is 0.830. The van der Waals surface area contributed by atoms with Crippen molar-refractivity contribution in [3.63, 3.8) is 0 Å². The Morgan fingerprint density at radius 3 is 2.80 bits per heavy atom. The number of carbonyl (C=O) groups excluding carboxylic acids is 1. The van der Waals surface area contributed by atoms with E-state index in [-0.39, 0.29) is 23.5 Å². The molecule has 2 heterocycles. The molecule has 0 aromatic carbocycles. The van der Waals surface area contributed by atoms with Crippen LogP contribution >= 0.6 is 11.3 Å². The minimum absolute atomic E-state index is 0.0819. The molecule has 1 saturated heterocycles. The molecular weight excluding hydrogens is 296 g/mol. The lowest BCUT2D eigenvalue weighted by Gasteiger charge is -2.25. The molecule has 1 fully saturated rings. The van der Waals surface area contributed by atoms with Crippen molar-refractivity contribution < 1.29 is 13.2 Å². The zero-order chi connectivity index (χ0) is 14.8. The van der Waals surface area contributed by atoms with Crippen LogP contribution in [0.1, 0.15) is 42.2 Å². The summed E-state index contributed by atoms with van der Waals surface area (Å²) in [6, 6.07) is -0.200. The summed E-state index contributed by atoms with van der Waals surface area (Å²) in [6.07, 6.45) is 2.41. The number of nitrogens with zero attached hydrogens (tertiary/aromatic N) is 2. The zero-order valence-electron chi connectivity index (χ0n) is 11.8. The molecule has 1 aromatic heterocycles. The first kappa shape index (κ1) is 15.4. The van der Waals surface area contributed by atoms with Crippen molar-refractivity contribution in [1.29, 1.82) is 0 Å². The van der Waals surface area contributed by atoms with Crippen molar-refractivity contribution in [3.8, 4) is 0 Å². The summed E-state index contributed by atoms with van der Waals surface area (Å²) in [5.41, 5.74) is 0.449. The van der Waals surface area contributed by atoms with E-state index < -0.39 is 9.84 Å². The number of hydrogen-bond donors (Lipinski definition) is 0. The van der Waals surface area contributed by atoms with Crippen molar-refractivity contribution in [3.05, 3.63) is 16.1 Å². The van der Waals surface area contributed by atoms with Crippen LogP contribution in [-0.4, -0.2) is 48.3 Å². The predicted molar refractivity (Wildman–Crippen MR) is 79.9 cm³/mol. The summed E-state index contributed by atoms with van der Waals surface area (Å²) in [5.74, 6) is 0.117. The molecule has 1 aliphatic heterocycles. The second kappa shape index (κ2) is 6.22. The zero-order valence-corrected chi connectivity index (χ0v) is 13.5. The Labute approximate surface area is 123 Å². The third-order valence-electron chi connectivity index (χ3n) is 3.49. The van der Waals surface area contributed by atoms with Gasteiger partial charge in [-0.1, -0.05) is 6.92 Å². The van der Waals surface area contributed by atoms with Gasteiger partial charge < -0.3 is 4.90 Å². The minimum atomic E-state index is -2.98. The number of sulfone groups is 1. The van der Waals surface area contributed by atoms with Gasteiger partial charge >= 0.3 is 0 Å². The Bertz CT molecular complexity index is 580. The first-order chi connectivity index (χ1) is 9.46. The van der Waals surface area contributed by atoms with E-state index >= 15 is 0 Å². The highest BCUT2D eigenvalue weighted by molar-refractivity contribution is 7.91. The molecule has 1 atom stereocenters. The number of aromatic nitrogens is 1. The standard InChI is InChI=1S/C13H20N2O3S2/c1-3-5-12-14-11(8-19-12)13(16)15(4-2)10-6-7-20(17,18)9-10/h8,10H,3-7,9H2,1-2H3/t10-/m1/s1. The molecule has 1 amide bonds. The van der Waals surface area contributed by atoms with Crippen LogP contribution in [0, 0.1) is 0 Å². The van der Waals surface area contributed by atoms with E-state index in [1.165, 1.54) is 11.3 Å². The molecular formula is C13H20N2O3S2. The van der Waals surface area contributed by atoms with Crippen LogP contribution in [0.25, 0.3) is 0 Å². The molecule has 0 radical (unpaired) electrons. The molecule has 2 rings (SSSR count). The highest BCUT2D eigenvalue weighted by atomic mass is 32.2. The highest BCUT2D eigenvalue weighted by Crippen LogP contribution is 2.21. The fourth-order valence-corrected chi connectivity index (χ4v) is 5.08. The van der Waals surface area contributed by atoms with Crippen molar-refractivity contribution in [2.24, 2.45) is 0 Å². The average Bonchev–Trinajstić information content (AvgIpc) is 2.98. The van der Waals surface area contributed by atoms with Gasteiger partial charge in [0, 0.05) is 18.0 Å². The van der Waals surface area contributed by atoms with Gasteiger partial charge in [-0.05, 0) is 26.2 Å². The van der Waals surface area contributed by atoms with E-state index in [9.17, 15) is 13.2 Å². The van der Waals surface area contributed by atoms with Crippen LogP contribution in [0.5, 0.6) is 0 Å². The number of rotatable bonds is 5. The molecule has 0 bridgehead atoms. The molecule has 20 heavy (non-hydrogen) atoms. The number of carbonyl (C=O) groups is 1. The molecule has 5 nitrogen and oxygen atoms in total. The fraction of sp³-hybridized carbons (Fsp3) is 0.692. The third kappa shape index (κ3) is 3.38. The Morgan fingerprint density at radius 2 is 2.25 bits per heavy atom. The van der Waals surface area contributed by atoms with Gasteiger partial charge in [-0.2, -0.15) is 0 Å². The number of thiazole rings is 1. The summed E-state index contributed by atoms with van der Waals surface area (Å²) < 4.78 is 23.1. The maximum absolute atomic E-state index is 12.5. The molecule has 0 spiro atoms. The number of amides is 1. The Kier molecular flexibility index (Phi) is 4.80. The third-order valence-corrected chi connectivity index (χ3v) is 6.14. The molecule has 0 unspecified atom stereocenters. The van der Waals surface area contributed by atoms with Crippen molar-refractivity contribution in [2.75, 3.05) is 18.1 Å². The maximum atomic E-state index is 12.5. The van der Waals surface area contributed by atoms with Gasteiger partial charge in [0.25, 0.3) is 5.91 Å². The van der Waals surface area contributed by atoms with Gasteiger partial charge in [-0.25, -0.2) is 13.4 Å². The van der Waals surface area contributed by atoms with E-state index in [1.54, 1.807) is 10.3 Å². The molecule has 112 valence electrons. The predicted octanol–water partition coefficient (Wildman–Crippen LogP) is 1.74. The molecule has 0 saturated carbocycles. The van der Waals surface area contributed by atoms with Gasteiger partial charge in [0.15, 0.2) is 9.84 Å². The van der Waals surface area contributed by atoms with Crippen LogP contribution in [0.3, 0.4) is 0 Å². The summed E-state index contributed by atoms with van der Waals surface area (Å²) in [5, 5.41) is 2.74. The molecule has 7 heteroatoms. The Morgan fingerprint density at radius 1 is 1.50 bits per heavy atom. The lowest BCUT2D eigenvalue weighted by atomic mass is 10.2. The van der Waals surface area contributed by atoms with Crippen LogP contribution < -0.4 is 0 Å². The van der Waals surface area contributed by atoms with E-state index in [2.05, 4.69) is 11.9 Å². The summed E-state index contributed by atoms with van der Waals surface area (Å²) >= 11 is 1.50. The van der Waals surface area contributed by atoms with E-state index in [4.69, 9.17) is 0 Å². The van der Waals surface area contributed by atoms with E-state index in [0.717, 1.165) is 17.8 Å². The molecule has 1 aliphatic rings. The molecule has 0 N–H and O–H groups in total. The Balaban J connectivity index is 2.12. The van der Waals surface area contributed by atoms with Gasteiger partial charge in [-0.3, -0.25) is 4.79 Å². The minimum Gasteiger partial charge on any atom is -0.334 e. The summed E-state index contributed by atoms with van der Waals surface area (Å²) in [6.45, 7) is 4.46. The van der Waals surface area contributed by atoms with E-state index in [1.807, 2.05) is 6.92 Å². The number of hydrogen-bond acceptors (Lipinski definition) is 5. The SMILES string of the molecule is CCCc1nc(C(=O)N(CC)[C@@H]2CCS(=O)(=O)C2)cs1. The Hall–Kier alpha value is -0.950. The second-order valence-electron chi connectivity index (χ2n) is 5.02. The van der Waals surface area contributed by atoms with Crippen molar-refractivity contribution in [1.82, 2.24) is 9.88 Å². The largest absolute Gasteiger partial charge is 0.334 e. The average molecular weight is 316 g/mol. The van der Waals surface area contributed by atoms with E-state index in [0.29, 0.717) is 18.7 Å². The van der Waals surface area contributed by atoms with Crippen LogP contribution in [0.4, 0.5) is 0 Å². The molecule has 0 aliphatic carbocycles. The van der Waals surface area contributed by atoms with Crippen molar-refractivity contribution in [2.45, 2.75) is 39.2 Å². The maximum Gasteiger partial charge on any atom is 0.273 e. The van der Waals surface area contributed by atoms with Crippen LogP contribution in [0.2, 0.25) is 0 Å². The summed E-state index contributed by atoms with van der Waals surface area (Å²) in [4.78, 5) is 18.5. The molecule has 1 aromatic rings. The smallest absolute Gasteiger partial charge is 0.273 e. The van der Waals surface area contributed by atoms with Crippen molar-refractivity contribution >= 4 is 27.1 Å². The van der Waals surface area contributed by atoms with Crippen LogP contribution in [-0.2, 0) is 16.3 Å². The topological polar surface area (TPSA) is 67.3 Å². The normalized spacial score (nSPS) is 21.0. The van der Waals surface area contributed by atoms with Gasteiger partial charge in [0.1, 0.15) is 5.69 Å². The number of aryl methyl sites for hydroxylation is 1. The fourth-order valence-electron chi connectivity index (χ4n) is 2.47. The lowest BCUT2D eigenvalue weighted by molar-refractivity contribution is 0.0703. The van der Waals surface area contributed by atoms with Gasteiger partial charge in [-0.15, -0.1) is 11.3 Å². The first-order valence-corrected chi connectivity index (χ1v) is 9.62. The first-order valence-electron chi connectivity index (χ1n) is 6.92. The van der Waals surface area contributed by atoms with Gasteiger partial charge in [0.05, 0.1) is 16.5 Å².